The molecule has 0 radical (unpaired) electrons. The number of benzene rings is 1. The van der Waals surface area contributed by atoms with Crippen molar-refractivity contribution in [3.8, 4) is 0 Å². The van der Waals surface area contributed by atoms with E-state index in [1.165, 1.54) is 16.6 Å². The van der Waals surface area contributed by atoms with Gasteiger partial charge in [-0.05, 0) is 38.1 Å². The second kappa shape index (κ2) is 4.11. The van der Waals surface area contributed by atoms with Crippen LogP contribution in [0.5, 0.6) is 0 Å². The molecule has 0 saturated carbocycles. The van der Waals surface area contributed by atoms with Crippen LogP contribution in [0.4, 0.5) is 0 Å². The molecule has 3 heteroatoms. The van der Waals surface area contributed by atoms with Gasteiger partial charge in [-0.1, -0.05) is 11.6 Å². The SMILES string of the molecule is CC(C)n1c(CS)cc2cc(Cl)ccc21. The maximum atomic E-state index is 5.97. The van der Waals surface area contributed by atoms with Crippen LogP contribution in [0.1, 0.15) is 25.6 Å². The molecule has 15 heavy (non-hydrogen) atoms. The molecule has 1 aromatic heterocycles. The van der Waals surface area contributed by atoms with Crippen LogP contribution in [-0.4, -0.2) is 4.57 Å². The van der Waals surface area contributed by atoms with Crippen molar-refractivity contribution >= 4 is 35.1 Å². The molecule has 0 fully saturated rings. The van der Waals surface area contributed by atoms with Gasteiger partial charge in [0.05, 0.1) is 0 Å². The monoisotopic (exact) mass is 239 g/mol. The van der Waals surface area contributed by atoms with Crippen LogP contribution in [0.25, 0.3) is 10.9 Å². The van der Waals surface area contributed by atoms with E-state index in [0.29, 0.717) is 6.04 Å². The average molecular weight is 240 g/mol. The number of nitrogens with zero attached hydrogens (tertiary/aromatic N) is 1. The summed E-state index contributed by atoms with van der Waals surface area (Å²) in [5, 5.41) is 1.98. The third kappa shape index (κ3) is 1.88. The summed E-state index contributed by atoms with van der Waals surface area (Å²) in [7, 11) is 0. The summed E-state index contributed by atoms with van der Waals surface area (Å²) in [4.78, 5) is 0. The van der Waals surface area contributed by atoms with Crippen LogP contribution in [-0.2, 0) is 5.75 Å². The Labute approximate surface area is 100 Å². The van der Waals surface area contributed by atoms with Gasteiger partial charge in [0.25, 0.3) is 0 Å². The molecule has 0 aliphatic rings. The number of halogens is 1. The zero-order valence-corrected chi connectivity index (χ0v) is 10.5. The highest BCUT2D eigenvalue weighted by Crippen LogP contribution is 2.27. The molecule has 1 heterocycles. The average Bonchev–Trinajstić information content (AvgIpc) is 2.54. The second-order valence-electron chi connectivity index (χ2n) is 3.96. The van der Waals surface area contributed by atoms with Crippen LogP contribution in [0.15, 0.2) is 24.3 Å². The van der Waals surface area contributed by atoms with Gasteiger partial charge in [-0.2, -0.15) is 12.6 Å². The number of fused-ring (bicyclic) bond motifs is 1. The van der Waals surface area contributed by atoms with Crippen LogP contribution in [0, 0.1) is 0 Å². The van der Waals surface area contributed by atoms with Crippen LogP contribution >= 0.6 is 24.2 Å². The first kappa shape index (κ1) is 10.9. The van der Waals surface area contributed by atoms with E-state index in [4.69, 9.17) is 11.6 Å². The molecule has 0 aliphatic heterocycles. The fraction of sp³-hybridized carbons (Fsp3) is 0.333. The van der Waals surface area contributed by atoms with Crippen molar-refractivity contribution in [1.29, 1.82) is 0 Å². The van der Waals surface area contributed by atoms with Crippen molar-refractivity contribution in [3.63, 3.8) is 0 Å². The summed E-state index contributed by atoms with van der Waals surface area (Å²) in [6.07, 6.45) is 0. The summed E-state index contributed by atoms with van der Waals surface area (Å²) < 4.78 is 2.30. The summed E-state index contributed by atoms with van der Waals surface area (Å²) in [5.41, 5.74) is 2.48. The minimum absolute atomic E-state index is 0.450. The molecule has 80 valence electrons. The van der Waals surface area contributed by atoms with Crippen molar-refractivity contribution in [2.45, 2.75) is 25.6 Å². The molecule has 0 atom stereocenters. The minimum atomic E-state index is 0.450. The third-order valence-corrected chi connectivity index (χ3v) is 3.12. The van der Waals surface area contributed by atoms with Gasteiger partial charge in [-0.15, -0.1) is 0 Å². The topological polar surface area (TPSA) is 4.93 Å². The van der Waals surface area contributed by atoms with E-state index >= 15 is 0 Å². The predicted molar refractivity (Wildman–Crippen MR) is 70.0 cm³/mol. The highest BCUT2D eigenvalue weighted by atomic mass is 35.5. The van der Waals surface area contributed by atoms with Gasteiger partial charge in [0, 0.05) is 33.4 Å². The zero-order chi connectivity index (χ0) is 11.0. The third-order valence-electron chi connectivity index (χ3n) is 2.56. The molecule has 2 rings (SSSR count). The number of hydrogen-bond donors (Lipinski definition) is 1. The molecule has 1 aromatic carbocycles. The van der Waals surface area contributed by atoms with Gasteiger partial charge < -0.3 is 4.57 Å². The van der Waals surface area contributed by atoms with Crippen molar-refractivity contribution < 1.29 is 0 Å². The molecular formula is C12H14ClNS. The predicted octanol–water partition coefficient (Wildman–Crippen LogP) is 4.31. The zero-order valence-electron chi connectivity index (χ0n) is 8.87. The van der Waals surface area contributed by atoms with E-state index in [1.807, 2.05) is 12.1 Å². The lowest BCUT2D eigenvalue weighted by atomic mass is 10.2. The molecule has 0 saturated heterocycles. The molecular weight excluding hydrogens is 226 g/mol. The number of hydrogen-bond acceptors (Lipinski definition) is 1. The van der Waals surface area contributed by atoms with Gasteiger partial charge in [0.2, 0.25) is 0 Å². The molecule has 0 amide bonds. The Morgan fingerprint density at radius 1 is 1.33 bits per heavy atom. The highest BCUT2D eigenvalue weighted by molar-refractivity contribution is 7.79. The number of thiol groups is 1. The minimum Gasteiger partial charge on any atom is -0.341 e. The molecule has 0 aliphatic carbocycles. The van der Waals surface area contributed by atoms with Gasteiger partial charge in [0.1, 0.15) is 0 Å². The lowest BCUT2D eigenvalue weighted by Gasteiger charge is -2.13. The van der Waals surface area contributed by atoms with E-state index in [0.717, 1.165) is 10.8 Å². The van der Waals surface area contributed by atoms with Crippen molar-refractivity contribution in [1.82, 2.24) is 4.57 Å². The normalized spacial score (nSPS) is 11.5. The van der Waals surface area contributed by atoms with E-state index in [1.54, 1.807) is 0 Å². The summed E-state index contributed by atoms with van der Waals surface area (Å²) in [6, 6.07) is 8.62. The quantitative estimate of drug-likeness (QED) is 0.746. The van der Waals surface area contributed by atoms with Gasteiger partial charge in [-0.3, -0.25) is 0 Å². The Bertz CT molecular complexity index is 488. The van der Waals surface area contributed by atoms with E-state index in [2.05, 4.69) is 43.2 Å². The van der Waals surface area contributed by atoms with Crippen molar-refractivity contribution in [2.75, 3.05) is 0 Å². The smallest absolute Gasteiger partial charge is 0.0486 e. The van der Waals surface area contributed by atoms with E-state index < -0.39 is 0 Å². The molecule has 0 unspecified atom stereocenters. The maximum absolute atomic E-state index is 5.97. The Hall–Kier alpha value is -0.600. The van der Waals surface area contributed by atoms with Crippen molar-refractivity contribution in [2.24, 2.45) is 0 Å². The summed E-state index contributed by atoms with van der Waals surface area (Å²) in [6.45, 7) is 4.36. The van der Waals surface area contributed by atoms with Gasteiger partial charge in [0.15, 0.2) is 0 Å². The summed E-state index contributed by atoms with van der Waals surface area (Å²) >= 11 is 10.3. The molecule has 2 aromatic rings. The maximum Gasteiger partial charge on any atom is 0.0486 e. The van der Waals surface area contributed by atoms with Crippen molar-refractivity contribution in [3.05, 3.63) is 35.0 Å². The standard InChI is InChI=1S/C12H14ClNS/c1-8(2)14-11(7-15)6-9-5-10(13)3-4-12(9)14/h3-6,8,15H,7H2,1-2H3. The van der Waals surface area contributed by atoms with Crippen LogP contribution in [0.2, 0.25) is 5.02 Å². The fourth-order valence-corrected chi connectivity index (χ4v) is 2.42. The Morgan fingerprint density at radius 2 is 2.07 bits per heavy atom. The largest absolute Gasteiger partial charge is 0.341 e. The van der Waals surface area contributed by atoms with Gasteiger partial charge >= 0.3 is 0 Å². The lowest BCUT2D eigenvalue weighted by Crippen LogP contribution is -2.03. The van der Waals surface area contributed by atoms with Crippen LogP contribution < -0.4 is 0 Å². The molecule has 1 nitrogen and oxygen atoms in total. The Balaban J connectivity index is 2.74. The Kier molecular flexibility index (Phi) is 2.98. The first-order valence-corrected chi connectivity index (χ1v) is 6.04. The summed E-state index contributed by atoms with van der Waals surface area (Å²) in [5.74, 6) is 0.754. The Morgan fingerprint density at radius 3 is 2.67 bits per heavy atom. The molecule has 0 spiro atoms. The molecule has 0 N–H and O–H groups in total. The fourth-order valence-electron chi connectivity index (χ4n) is 2.00. The molecule has 0 bridgehead atoms. The number of aromatic nitrogens is 1. The first-order chi connectivity index (χ1) is 7.13. The van der Waals surface area contributed by atoms with Gasteiger partial charge in [-0.25, -0.2) is 0 Å². The number of rotatable bonds is 2. The first-order valence-electron chi connectivity index (χ1n) is 5.03. The lowest BCUT2D eigenvalue weighted by molar-refractivity contribution is 0.606. The van der Waals surface area contributed by atoms with E-state index in [9.17, 15) is 0 Å². The van der Waals surface area contributed by atoms with Crippen LogP contribution in [0.3, 0.4) is 0 Å². The van der Waals surface area contributed by atoms with E-state index in [-0.39, 0.29) is 0 Å². The second-order valence-corrected chi connectivity index (χ2v) is 4.71. The highest BCUT2D eigenvalue weighted by Gasteiger charge is 2.10.